The number of amides is 1. The van der Waals surface area contributed by atoms with Crippen LogP contribution in [0.25, 0.3) is 0 Å². The van der Waals surface area contributed by atoms with E-state index < -0.39 is 12.2 Å². The van der Waals surface area contributed by atoms with E-state index in [9.17, 15) is 9.59 Å². The lowest BCUT2D eigenvalue weighted by Crippen LogP contribution is -2.46. The number of rotatable bonds is 7. The van der Waals surface area contributed by atoms with Crippen LogP contribution in [0.4, 0.5) is 26.2 Å². The van der Waals surface area contributed by atoms with Crippen molar-refractivity contribution in [2.75, 3.05) is 47.4 Å². The minimum atomic E-state index is -0.528. The van der Waals surface area contributed by atoms with E-state index in [-0.39, 0.29) is 24.6 Å². The Morgan fingerprint density at radius 2 is 1.80 bits per heavy atom. The zero-order chi connectivity index (χ0) is 24.4. The van der Waals surface area contributed by atoms with Crippen LogP contribution >= 0.6 is 22.9 Å². The number of nitrogens with zero attached hydrogens (tertiary/aromatic N) is 4. The molecule has 10 heteroatoms. The van der Waals surface area contributed by atoms with Crippen LogP contribution in [0.2, 0.25) is 4.34 Å². The number of benzene rings is 1. The SMILES string of the molecule is O=C(CC[C@H]1CN(c2ccc(N3CCN(c4ccncc4)CC3)c(F)c2)C(=O)O1)c1ccc(Cl)s1. The first-order valence-corrected chi connectivity index (χ1v) is 12.6. The van der Waals surface area contributed by atoms with Gasteiger partial charge in [0.2, 0.25) is 0 Å². The predicted octanol–water partition coefficient (Wildman–Crippen LogP) is 5.25. The number of thiophene rings is 1. The summed E-state index contributed by atoms with van der Waals surface area (Å²) in [6.45, 7) is 3.22. The molecule has 2 aliphatic rings. The summed E-state index contributed by atoms with van der Waals surface area (Å²) in [4.78, 5) is 35.1. The molecule has 1 aromatic carbocycles. The normalized spacial score (nSPS) is 18.2. The molecule has 2 saturated heterocycles. The average molecular weight is 515 g/mol. The van der Waals surface area contributed by atoms with E-state index in [1.807, 2.05) is 17.0 Å². The molecular weight excluding hydrogens is 491 g/mol. The van der Waals surface area contributed by atoms with Crippen LogP contribution in [0.15, 0.2) is 54.9 Å². The van der Waals surface area contributed by atoms with Gasteiger partial charge in [-0.1, -0.05) is 11.6 Å². The molecule has 4 heterocycles. The van der Waals surface area contributed by atoms with Crippen molar-refractivity contribution in [2.45, 2.75) is 18.9 Å². The zero-order valence-electron chi connectivity index (χ0n) is 18.9. The van der Waals surface area contributed by atoms with Gasteiger partial charge in [0.25, 0.3) is 0 Å². The van der Waals surface area contributed by atoms with E-state index in [0.29, 0.717) is 40.1 Å². The third kappa shape index (κ3) is 5.26. The van der Waals surface area contributed by atoms with Crippen molar-refractivity contribution in [3.8, 4) is 0 Å². The Labute approximate surface area is 211 Å². The number of cyclic esters (lactones) is 1. The summed E-state index contributed by atoms with van der Waals surface area (Å²) in [5, 5.41) is 0. The topological polar surface area (TPSA) is 66.0 Å². The number of carbonyl (C=O) groups is 2. The number of ketones is 1. The first-order chi connectivity index (χ1) is 17.0. The summed E-state index contributed by atoms with van der Waals surface area (Å²) in [5.41, 5.74) is 2.08. The molecule has 0 unspecified atom stereocenters. The standard InChI is InChI=1S/C25H24ClFN4O3S/c26-24-6-5-23(35-24)22(32)4-2-19-16-31(25(33)34-19)18-1-3-21(20(27)15-18)30-13-11-29(12-14-30)17-7-9-28-10-8-17/h1,3,5-10,15,19H,2,4,11-14,16H2/t19-/m0/s1. The number of hydrogen-bond acceptors (Lipinski definition) is 7. The fraction of sp³-hybridized carbons (Fsp3) is 0.320. The monoisotopic (exact) mass is 514 g/mol. The number of aromatic nitrogens is 1. The molecule has 0 aliphatic carbocycles. The Morgan fingerprint density at radius 3 is 2.49 bits per heavy atom. The van der Waals surface area contributed by atoms with Crippen molar-refractivity contribution in [2.24, 2.45) is 0 Å². The summed E-state index contributed by atoms with van der Waals surface area (Å²) >= 11 is 7.13. The van der Waals surface area contributed by atoms with Gasteiger partial charge in [-0.15, -0.1) is 11.3 Å². The van der Waals surface area contributed by atoms with Gasteiger partial charge in [-0.05, 0) is 48.9 Å². The number of pyridine rings is 1. The second-order valence-corrected chi connectivity index (χ2v) is 10.2. The van der Waals surface area contributed by atoms with Crippen LogP contribution < -0.4 is 14.7 Å². The van der Waals surface area contributed by atoms with Crippen LogP contribution in [0.5, 0.6) is 0 Å². The Hall–Kier alpha value is -3.17. The smallest absolute Gasteiger partial charge is 0.414 e. The van der Waals surface area contributed by atoms with E-state index in [1.54, 1.807) is 36.7 Å². The molecule has 0 spiro atoms. The van der Waals surface area contributed by atoms with E-state index >= 15 is 4.39 Å². The fourth-order valence-corrected chi connectivity index (χ4v) is 5.45. The molecule has 0 bridgehead atoms. The fourth-order valence-electron chi connectivity index (χ4n) is 4.44. The molecule has 3 aromatic rings. The van der Waals surface area contributed by atoms with Crippen molar-refractivity contribution in [3.05, 3.63) is 69.9 Å². The number of anilines is 3. The molecule has 2 fully saturated rings. The maximum atomic E-state index is 15.1. The number of Topliss-reactive ketones (excluding diaryl/α,β-unsaturated/α-hetero) is 1. The Balaban J connectivity index is 1.18. The number of halogens is 2. The lowest BCUT2D eigenvalue weighted by atomic mass is 10.1. The summed E-state index contributed by atoms with van der Waals surface area (Å²) in [6, 6.07) is 12.2. The quantitative estimate of drug-likeness (QED) is 0.401. The van der Waals surface area contributed by atoms with Crippen molar-refractivity contribution in [1.82, 2.24) is 4.98 Å². The van der Waals surface area contributed by atoms with Gasteiger partial charge >= 0.3 is 6.09 Å². The van der Waals surface area contributed by atoms with Crippen LogP contribution in [-0.4, -0.2) is 55.7 Å². The van der Waals surface area contributed by atoms with Crippen LogP contribution in [0, 0.1) is 5.82 Å². The number of ether oxygens (including phenoxy) is 1. The van der Waals surface area contributed by atoms with Gasteiger partial charge in [-0.3, -0.25) is 14.7 Å². The number of carbonyl (C=O) groups excluding carboxylic acids is 2. The van der Waals surface area contributed by atoms with Gasteiger partial charge in [0, 0.05) is 50.7 Å². The summed E-state index contributed by atoms with van der Waals surface area (Å²) < 4.78 is 21.1. The van der Waals surface area contributed by atoms with Gasteiger partial charge in [-0.25, -0.2) is 9.18 Å². The molecular formula is C25H24ClFN4O3S. The van der Waals surface area contributed by atoms with Gasteiger partial charge in [0.15, 0.2) is 5.78 Å². The number of hydrogen-bond donors (Lipinski definition) is 0. The van der Waals surface area contributed by atoms with Gasteiger partial charge in [0.05, 0.1) is 27.1 Å². The van der Waals surface area contributed by atoms with E-state index in [2.05, 4.69) is 9.88 Å². The molecule has 0 saturated carbocycles. The largest absolute Gasteiger partial charge is 0.444 e. The maximum Gasteiger partial charge on any atom is 0.414 e. The lowest BCUT2D eigenvalue weighted by molar-refractivity contribution is 0.0943. The van der Waals surface area contributed by atoms with Crippen LogP contribution in [-0.2, 0) is 4.74 Å². The van der Waals surface area contributed by atoms with Crippen LogP contribution in [0.3, 0.4) is 0 Å². The average Bonchev–Trinajstić information content (AvgIpc) is 3.48. The second-order valence-electron chi connectivity index (χ2n) is 8.50. The minimum Gasteiger partial charge on any atom is -0.444 e. The highest BCUT2D eigenvalue weighted by molar-refractivity contribution is 7.18. The van der Waals surface area contributed by atoms with Gasteiger partial charge < -0.3 is 14.5 Å². The molecule has 1 atom stereocenters. The Morgan fingerprint density at radius 1 is 1.06 bits per heavy atom. The van der Waals surface area contributed by atoms with E-state index in [1.165, 1.54) is 22.3 Å². The van der Waals surface area contributed by atoms with Crippen LogP contribution in [0.1, 0.15) is 22.5 Å². The van der Waals surface area contributed by atoms with E-state index in [4.69, 9.17) is 16.3 Å². The van der Waals surface area contributed by atoms with Gasteiger partial charge in [-0.2, -0.15) is 0 Å². The highest BCUT2D eigenvalue weighted by Crippen LogP contribution is 2.30. The van der Waals surface area contributed by atoms with Crippen molar-refractivity contribution >= 4 is 51.9 Å². The first-order valence-electron chi connectivity index (χ1n) is 11.4. The molecule has 2 aromatic heterocycles. The summed E-state index contributed by atoms with van der Waals surface area (Å²) in [5.74, 6) is -0.406. The molecule has 35 heavy (non-hydrogen) atoms. The first kappa shape index (κ1) is 23.6. The maximum absolute atomic E-state index is 15.1. The Kier molecular flexibility index (Phi) is 6.88. The molecule has 0 radical (unpaired) electrons. The van der Waals surface area contributed by atoms with Crippen molar-refractivity contribution in [3.63, 3.8) is 0 Å². The predicted molar refractivity (Wildman–Crippen MR) is 136 cm³/mol. The lowest BCUT2D eigenvalue weighted by Gasteiger charge is -2.37. The molecule has 5 rings (SSSR count). The molecule has 2 aliphatic heterocycles. The highest BCUT2D eigenvalue weighted by Gasteiger charge is 2.33. The minimum absolute atomic E-state index is 0.0316. The highest BCUT2D eigenvalue weighted by atomic mass is 35.5. The van der Waals surface area contributed by atoms with Crippen molar-refractivity contribution in [1.29, 1.82) is 0 Å². The van der Waals surface area contributed by atoms with Crippen molar-refractivity contribution < 1.29 is 18.7 Å². The summed E-state index contributed by atoms with van der Waals surface area (Å²) in [6.07, 6.45) is 3.24. The molecule has 182 valence electrons. The zero-order valence-corrected chi connectivity index (χ0v) is 20.5. The van der Waals surface area contributed by atoms with E-state index in [0.717, 1.165) is 18.8 Å². The summed E-state index contributed by atoms with van der Waals surface area (Å²) in [7, 11) is 0. The second kappa shape index (κ2) is 10.2. The molecule has 0 N–H and O–H groups in total. The van der Waals surface area contributed by atoms with Gasteiger partial charge in [0.1, 0.15) is 11.9 Å². The number of piperazine rings is 1. The molecule has 1 amide bonds. The third-order valence-electron chi connectivity index (χ3n) is 6.31. The molecule has 7 nitrogen and oxygen atoms in total. The Bertz CT molecular complexity index is 1220. The third-order valence-corrected chi connectivity index (χ3v) is 7.58.